The topological polar surface area (TPSA) is 46.3 Å². The fourth-order valence-corrected chi connectivity index (χ4v) is 3.98. The summed E-state index contributed by atoms with van der Waals surface area (Å²) >= 11 is 5.05. The third kappa shape index (κ3) is 2.95. The highest BCUT2D eigenvalue weighted by Crippen LogP contribution is 2.29. The fourth-order valence-electron chi connectivity index (χ4n) is 2.51. The molecule has 0 bridgehead atoms. The van der Waals surface area contributed by atoms with Crippen molar-refractivity contribution >= 4 is 33.2 Å². The van der Waals surface area contributed by atoms with E-state index in [1.807, 2.05) is 17.0 Å². The van der Waals surface area contributed by atoms with Gasteiger partial charge in [0.2, 0.25) is 5.91 Å². The van der Waals surface area contributed by atoms with Gasteiger partial charge in [0.1, 0.15) is 0 Å². The monoisotopic (exact) mass is 330 g/mol. The van der Waals surface area contributed by atoms with Gasteiger partial charge in [-0.15, -0.1) is 11.3 Å². The molecule has 2 rings (SSSR count). The van der Waals surface area contributed by atoms with Crippen molar-refractivity contribution in [3.63, 3.8) is 0 Å². The van der Waals surface area contributed by atoms with E-state index in [9.17, 15) is 4.79 Å². The number of piperidine rings is 1. The highest BCUT2D eigenvalue weighted by Gasteiger charge is 2.36. The van der Waals surface area contributed by atoms with Crippen molar-refractivity contribution in [3.05, 3.63) is 20.8 Å². The van der Waals surface area contributed by atoms with Gasteiger partial charge in [0.25, 0.3) is 0 Å². The SMILES string of the molecule is CC1(CN)CCCCN1C(=O)Cc1ccc(Br)s1. The first-order valence-corrected chi connectivity index (χ1v) is 7.91. The molecule has 18 heavy (non-hydrogen) atoms. The predicted molar refractivity (Wildman–Crippen MR) is 78.7 cm³/mol. The van der Waals surface area contributed by atoms with E-state index in [1.165, 1.54) is 6.42 Å². The molecular formula is C13H19BrN2OS. The van der Waals surface area contributed by atoms with E-state index >= 15 is 0 Å². The van der Waals surface area contributed by atoms with Crippen LogP contribution in [0.4, 0.5) is 0 Å². The third-order valence-corrected chi connectivity index (χ3v) is 5.32. The number of likely N-dealkylation sites (tertiary alicyclic amines) is 1. The Morgan fingerprint density at radius 3 is 2.94 bits per heavy atom. The quantitative estimate of drug-likeness (QED) is 0.926. The van der Waals surface area contributed by atoms with E-state index in [4.69, 9.17) is 5.73 Å². The molecule has 1 atom stereocenters. The third-order valence-electron chi connectivity index (χ3n) is 3.69. The molecular weight excluding hydrogens is 312 g/mol. The lowest BCUT2D eigenvalue weighted by atomic mass is 9.88. The van der Waals surface area contributed by atoms with Crippen LogP contribution in [0.15, 0.2) is 15.9 Å². The standard InChI is InChI=1S/C13H19BrN2OS/c1-13(9-15)6-2-3-7-16(13)12(17)8-10-4-5-11(14)18-10/h4-5H,2-3,6-9,15H2,1H3. The molecule has 1 aromatic heterocycles. The number of nitrogens with zero attached hydrogens (tertiary/aromatic N) is 1. The lowest BCUT2D eigenvalue weighted by Crippen LogP contribution is -2.57. The zero-order valence-corrected chi connectivity index (χ0v) is 13.0. The van der Waals surface area contributed by atoms with Gasteiger partial charge in [-0.05, 0) is 54.2 Å². The minimum Gasteiger partial charge on any atom is -0.336 e. The summed E-state index contributed by atoms with van der Waals surface area (Å²) in [6, 6.07) is 4.00. The number of hydrogen-bond acceptors (Lipinski definition) is 3. The van der Waals surface area contributed by atoms with Gasteiger partial charge in [-0.3, -0.25) is 4.79 Å². The predicted octanol–water partition coefficient (Wildman–Crippen LogP) is 2.78. The molecule has 1 aliphatic rings. The number of carbonyl (C=O) groups is 1. The number of thiophene rings is 1. The summed E-state index contributed by atoms with van der Waals surface area (Å²) in [5, 5.41) is 0. The molecule has 1 aromatic rings. The maximum absolute atomic E-state index is 12.4. The summed E-state index contributed by atoms with van der Waals surface area (Å²) in [5.41, 5.74) is 5.72. The minimum atomic E-state index is -0.149. The highest BCUT2D eigenvalue weighted by molar-refractivity contribution is 9.11. The number of carbonyl (C=O) groups excluding carboxylic acids is 1. The van der Waals surface area contributed by atoms with Crippen molar-refractivity contribution in [2.45, 2.75) is 38.1 Å². The Balaban J connectivity index is 2.07. The van der Waals surface area contributed by atoms with Gasteiger partial charge in [-0.1, -0.05) is 0 Å². The number of amides is 1. The molecule has 2 heterocycles. The molecule has 1 unspecified atom stereocenters. The van der Waals surface area contributed by atoms with E-state index in [1.54, 1.807) is 11.3 Å². The van der Waals surface area contributed by atoms with Crippen LogP contribution in [0.25, 0.3) is 0 Å². The average Bonchev–Trinajstić information content (AvgIpc) is 2.75. The molecule has 0 radical (unpaired) electrons. The first-order chi connectivity index (χ1) is 8.55. The summed E-state index contributed by atoms with van der Waals surface area (Å²) in [6.07, 6.45) is 3.77. The van der Waals surface area contributed by atoms with Crippen molar-refractivity contribution in [3.8, 4) is 0 Å². The van der Waals surface area contributed by atoms with Crippen molar-refractivity contribution in [1.29, 1.82) is 0 Å². The van der Waals surface area contributed by atoms with Gasteiger partial charge in [-0.25, -0.2) is 0 Å². The van der Waals surface area contributed by atoms with E-state index in [2.05, 4.69) is 22.9 Å². The van der Waals surface area contributed by atoms with Crippen LogP contribution in [-0.2, 0) is 11.2 Å². The maximum atomic E-state index is 12.4. The molecule has 3 nitrogen and oxygen atoms in total. The fraction of sp³-hybridized carbons (Fsp3) is 0.615. The maximum Gasteiger partial charge on any atom is 0.228 e. The van der Waals surface area contributed by atoms with Gasteiger partial charge >= 0.3 is 0 Å². The van der Waals surface area contributed by atoms with Crippen LogP contribution in [-0.4, -0.2) is 29.4 Å². The summed E-state index contributed by atoms with van der Waals surface area (Å²) in [6.45, 7) is 3.50. The van der Waals surface area contributed by atoms with Crippen LogP contribution in [0.1, 0.15) is 31.1 Å². The van der Waals surface area contributed by atoms with E-state index < -0.39 is 0 Å². The van der Waals surface area contributed by atoms with Crippen molar-refractivity contribution in [2.75, 3.05) is 13.1 Å². The molecule has 0 saturated carbocycles. The van der Waals surface area contributed by atoms with E-state index in [0.717, 1.165) is 28.0 Å². The molecule has 2 N–H and O–H groups in total. The second-order valence-corrected chi connectivity index (χ2v) is 7.63. The van der Waals surface area contributed by atoms with Crippen LogP contribution in [0, 0.1) is 0 Å². The average molecular weight is 331 g/mol. The van der Waals surface area contributed by atoms with Crippen LogP contribution in [0.5, 0.6) is 0 Å². The second-order valence-electron chi connectivity index (χ2n) is 5.09. The molecule has 1 amide bonds. The molecule has 0 aromatic carbocycles. The smallest absolute Gasteiger partial charge is 0.228 e. The molecule has 1 fully saturated rings. The first-order valence-electron chi connectivity index (χ1n) is 6.30. The van der Waals surface area contributed by atoms with E-state index in [0.29, 0.717) is 13.0 Å². The Labute approximate surface area is 120 Å². The zero-order valence-electron chi connectivity index (χ0n) is 10.6. The molecule has 0 aliphatic carbocycles. The van der Waals surface area contributed by atoms with Crippen LogP contribution >= 0.6 is 27.3 Å². The number of rotatable bonds is 3. The van der Waals surface area contributed by atoms with Gasteiger partial charge in [-0.2, -0.15) is 0 Å². The number of hydrogen-bond donors (Lipinski definition) is 1. The van der Waals surface area contributed by atoms with Crippen molar-refractivity contribution in [2.24, 2.45) is 5.73 Å². The van der Waals surface area contributed by atoms with Crippen LogP contribution in [0.2, 0.25) is 0 Å². The Morgan fingerprint density at radius 2 is 2.33 bits per heavy atom. The van der Waals surface area contributed by atoms with Gasteiger partial charge in [0, 0.05) is 18.0 Å². The molecule has 100 valence electrons. The Bertz CT molecular complexity index is 434. The first kappa shape index (κ1) is 14.0. The Kier molecular flexibility index (Phi) is 4.45. The van der Waals surface area contributed by atoms with Gasteiger partial charge < -0.3 is 10.6 Å². The summed E-state index contributed by atoms with van der Waals surface area (Å²) in [5.74, 6) is 0.206. The summed E-state index contributed by atoms with van der Waals surface area (Å²) in [4.78, 5) is 15.5. The van der Waals surface area contributed by atoms with Gasteiger partial charge in [0.15, 0.2) is 0 Å². The highest BCUT2D eigenvalue weighted by atomic mass is 79.9. The Morgan fingerprint density at radius 1 is 1.56 bits per heavy atom. The normalized spacial score (nSPS) is 24.3. The lowest BCUT2D eigenvalue weighted by Gasteiger charge is -2.44. The number of nitrogens with two attached hydrogens (primary N) is 1. The number of halogens is 1. The Hall–Kier alpha value is -0.390. The lowest BCUT2D eigenvalue weighted by molar-refractivity contribution is -0.138. The van der Waals surface area contributed by atoms with Crippen molar-refractivity contribution in [1.82, 2.24) is 4.90 Å². The molecule has 1 saturated heterocycles. The van der Waals surface area contributed by atoms with Crippen molar-refractivity contribution < 1.29 is 4.79 Å². The summed E-state index contributed by atoms with van der Waals surface area (Å²) in [7, 11) is 0. The van der Waals surface area contributed by atoms with Crippen LogP contribution in [0.3, 0.4) is 0 Å². The summed E-state index contributed by atoms with van der Waals surface area (Å²) < 4.78 is 1.07. The zero-order chi connectivity index (χ0) is 13.2. The second kappa shape index (κ2) is 5.72. The minimum absolute atomic E-state index is 0.149. The van der Waals surface area contributed by atoms with E-state index in [-0.39, 0.29) is 11.4 Å². The van der Waals surface area contributed by atoms with Crippen LogP contribution < -0.4 is 5.73 Å². The molecule has 0 spiro atoms. The largest absolute Gasteiger partial charge is 0.336 e. The molecule has 5 heteroatoms. The van der Waals surface area contributed by atoms with Gasteiger partial charge in [0.05, 0.1) is 15.7 Å². The molecule has 1 aliphatic heterocycles.